The van der Waals surface area contributed by atoms with Crippen molar-refractivity contribution in [3.05, 3.63) is 70.2 Å². The zero-order chi connectivity index (χ0) is 17.5. The summed E-state index contributed by atoms with van der Waals surface area (Å²) in [5.41, 5.74) is 1.44. The highest BCUT2D eigenvalue weighted by molar-refractivity contribution is 9.10. The fourth-order valence-corrected chi connectivity index (χ4v) is 2.65. The molecule has 1 amide bonds. The molecule has 0 unspecified atom stereocenters. The van der Waals surface area contributed by atoms with Crippen molar-refractivity contribution in [3.8, 4) is 0 Å². The molecule has 0 radical (unpaired) electrons. The monoisotopic (exact) mass is 389 g/mol. The summed E-state index contributed by atoms with van der Waals surface area (Å²) in [7, 11) is 0. The van der Waals surface area contributed by atoms with Crippen molar-refractivity contribution in [3.63, 3.8) is 0 Å². The molecule has 2 aromatic rings. The summed E-state index contributed by atoms with van der Waals surface area (Å²) in [5, 5.41) is 2.68. The quantitative estimate of drug-likeness (QED) is 0.735. The van der Waals surface area contributed by atoms with Gasteiger partial charge in [0, 0.05) is 10.0 Å². The van der Waals surface area contributed by atoms with Crippen LogP contribution in [0.15, 0.2) is 59.1 Å². The van der Waals surface area contributed by atoms with Gasteiger partial charge in [-0.05, 0) is 23.6 Å². The van der Waals surface area contributed by atoms with E-state index in [-0.39, 0.29) is 18.3 Å². The number of carbonyl (C=O) groups is 2. The molecule has 1 N–H and O–H groups in total. The average molecular weight is 390 g/mol. The lowest BCUT2D eigenvalue weighted by molar-refractivity contribution is 0.0886. The molecule has 0 saturated heterocycles. The van der Waals surface area contributed by atoms with E-state index < -0.39 is 12.1 Å². The molecule has 0 aliphatic carbocycles. The van der Waals surface area contributed by atoms with Gasteiger partial charge in [0.1, 0.15) is 6.61 Å². The van der Waals surface area contributed by atoms with Crippen molar-refractivity contribution in [1.82, 2.24) is 5.32 Å². The lowest BCUT2D eigenvalue weighted by Gasteiger charge is -2.21. The Morgan fingerprint density at radius 1 is 1.08 bits per heavy atom. The molecule has 0 saturated carbocycles. The molecular formula is C19H20BrNO3. The molecule has 0 fully saturated rings. The van der Waals surface area contributed by atoms with Crippen molar-refractivity contribution < 1.29 is 14.3 Å². The van der Waals surface area contributed by atoms with Gasteiger partial charge in [-0.25, -0.2) is 4.79 Å². The summed E-state index contributed by atoms with van der Waals surface area (Å²) in [4.78, 5) is 24.7. The van der Waals surface area contributed by atoms with Gasteiger partial charge in [0.2, 0.25) is 0 Å². The molecule has 0 spiro atoms. The third-order valence-corrected chi connectivity index (χ3v) is 4.04. The van der Waals surface area contributed by atoms with Gasteiger partial charge < -0.3 is 10.1 Å². The summed E-state index contributed by atoms with van der Waals surface area (Å²) in [5.74, 6) is -0.191. The third-order valence-electron chi connectivity index (χ3n) is 3.54. The number of Topliss-reactive ketones (excluding diaryl/α,β-unsaturated/α-hetero) is 1. The van der Waals surface area contributed by atoms with Gasteiger partial charge in [0.25, 0.3) is 0 Å². The standard InChI is InChI=1S/C19H20BrNO3/c1-13(2)17(18(22)15-9-6-10-16(20)11-15)21-19(23)24-12-14-7-4-3-5-8-14/h3-11,13,17H,12H2,1-2H3,(H,21,23)/t17-/m0/s1. The first-order valence-electron chi connectivity index (χ1n) is 7.74. The second-order valence-corrected chi connectivity index (χ2v) is 6.72. The number of alkyl carbamates (subject to hydrolysis) is 1. The van der Waals surface area contributed by atoms with Gasteiger partial charge in [-0.1, -0.05) is 72.2 Å². The molecule has 0 bridgehead atoms. The first-order valence-corrected chi connectivity index (χ1v) is 8.53. The van der Waals surface area contributed by atoms with E-state index >= 15 is 0 Å². The lowest BCUT2D eigenvalue weighted by Crippen LogP contribution is -2.44. The van der Waals surface area contributed by atoms with E-state index in [1.807, 2.05) is 50.2 Å². The summed E-state index contributed by atoms with van der Waals surface area (Å²) < 4.78 is 6.03. The highest BCUT2D eigenvalue weighted by Gasteiger charge is 2.26. The molecule has 4 nitrogen and oxygen atoms in total. The number of halogens is 1. The van der Waals surface area contributed by atoms with Gasteiger partial charge in [0.05, 0.1) is 6.04 Å². The maximum Gasteiger partial charge on any atom is 0.408 e. The van der Waals surface area contributed by atoms with Crippen molar-refractivity contribution >= 4 is 27.8 Å². The van der Waals surface area contributed by atoms with Crippen molar-refractivity contribution in [2.24, 2.45) is 5.92 Å². The van der Waals surface area contributed by atoms with Crippen molar-refractivity contribution in [2.45, 2.75) is 26.5 Å². The minimum Gasteiger partial charge on any atom is -0.445 e. The number of hydrogen-bond donors (Lipinski definition) is 1. The predicted molar refractivity (Wildman–Crippen MR) is 96.9 cm³/mol. The number of ketones is 1. The maximum absolute atomic E-state index is 12.7. The minimum absolute atomic E-state index is 0.0549. The van der Waals surface area contributed by atoms with Crippen molar-refractivity contribution in [2.75, 3.05) is 0 Å². The topological polar surface area (TPSA) is 55.4 Å². The number of rotatable bonds is 6. The smallest absolute Gasteiger partial charge is 0.408 e. The Hall–Kier alpha value is -2.14. The molecule has 126 valence electrons. The van der Waals surface area contributed by atoms with Gasteiger partial charge >= 0.3 is 6.09 Å². The Balaban J connectivity index is 2.00. The Morgan fingerprint density at radius 2 is 1.79 bits per heavy atom. The fraction of sp³-hybridized carbons (Fsp3) is 0.263. The summed E-state index contributed by atoms with van der Waals surface area (Å²) >= 11 is 3.35. The van der Waals surface area contributed by atoms with E-state index in [2.05, 4.69) is 21.2 Å². The Morgan fingerprint density at radius 3 is 2.42 bits per heavy atom. The van der Waals surface area contributed by atoms with E-state index in [9.17, 15) is 9.59 Å². The van der Waals surface area contributed by atoms with Crippen LogP contribution in [0.4, 0.5) is 4.79 Å². The molecule has 0 aliphatic rings. The number of ether oxygens (including phenoxy) is 1. The van der Waals surface area contributed by atoms with Crippen LogP contribution in [0.3, 0.4) is 0 Å². The molecular weight excluding hydrogens is 370 g/mol. The average Bonchev–Trinajstić information content (AvgIpc) is 2.58. The Bertz CT molecular complexity index is 701. The highest BCUT2D eigenvalue weighted by Crippen LogP contribution is 2.16. The molecule has 1 atom stereocenters. The number of nitrogens with one attached hydrogen (secondary N) is 1. The maximum atomic E-state index is 12.7. The first kappa shape index (κ1) is 18.2. The largest absolute Gasteiger partial charge is 0.445 e. The lowest BCUT2D eigenvalue weighted by atomic mass is 9.95. The Kier molecular flexibility index (Phi) is 6.55. The number of amides is 1. The van der Waals surface area contributed by atoms with Crippen LogP contribution < -0.4 is 5.32 Å². The van der Waals surface area contributed by atoms with Crippen LogP contribution in [-0.2, 0) is 11.3 Å². The SMILES string of the molecule is CC(C)[C@H](NC(=O)OCc1ccccc1)C(=O)c1cccc(Br)c1. The summed E-state index contributed by atoms with van der Waals surface area (Å²) in [6, 6.07) is 15.9. The molecule has 0 heterocycles. The molecule has 2 rings (SSSR count). The molecule has 2 aromatic carbocycles. The van der Waals surface area contributed by atoms with Crippen LogP contribution in [0.1, 0.15) is 29.8 Å². The van der Waals surface area contributed by atoms with Crippen LogP contribution >= 0.6 is 15.9 Å². The van der Waals surface area contributed by atoms with E-state index in [0.29, 0.717) is 5.56 Å². The van der Waals surface area contributed by atoms with Gasteiger partial charge in [-0.3, -0.25) is 4.79 Å². The highest BCUT2D eigenvalue weighted by atomic mass is 79.9. The van der Waals surface area contributed by atoms with Crippen LogP contribution in [0.25, 0.3) is 0 Å². The van der Waals surface area contributed by atoms with Gasteiger partial charge in [0.15, 0.2) is 5.78 Å². The molecule has 0 aromatic heterocycles. The van der Waals surface area contributed by atoms with Crippen LogP contribution in [-0.4, -0.2) is 17.9 Å². The number of carbonyl (C=O) groups excluding carboxylic acids is 2. The zero-order valence-electron chi connectivity index (χ0n) is 13.7. The second kappa shape index (κ2) is 8.64. The van der Waals surface area contributed by atoms with Gasteiger partial charge in [-0.15, -0.1) is 0 Å². The van der Waals surface area contributed by atoms with Crippen LogP contribution in [0, 0.1) is 5.92 Å². The normalized spacial score (nSPS) is 11.8. The van der Waals surface area contributed by atoms with Gasteiger partial charge in [-0.2, -0.15) is 0 Å². The van der Waals surface area contributed by atoms with E-state index in [1.54, 1.807) is 18.2 Å². The van der Waals surface area contributed by atoms with Crippen molar-refractivity contribution in [1.29, 1.82) is 0 Å². The third kappa shape index (κ3) is 5.20. The molecule has 24 heavy (non-hydrogen) atoms. The minimum atomic E-state index is -0.637. The molecule has 0 aliphatic heterocycles. The van der Waals surface area contributed by atoms with Crippen LogP contribution in [0.2, 0.25) is 0 Å². The van der Waals surface area contributed by atoms with E-state index in [1.165, 1.54) is 0 Å². The fourth-order valence-electron chi connectivity index (χ4n) is 2.25. The predicted octanol–water partition coefficient (Wildman–Crippen LogP) is 4.58. The first-order chi connectivity index (χ1) is 11.5. The zero-order valence-corrected chi connectivity index (χ0v) is 15.2. The Labute approximate surface area is 150 Å². The number of benzene rings is 2. The summed E-state index contributed by atoms with van der Waals surface area (Å²) in [6.45, 7) is 3.94. The second-order valence-electron chi connectivity index (χ2n) is 5.80. The summed E-state index contributed by atoms with van der Waals surface area (Å²) in [6.07, 6.45) is -0.596. The van der Waals surface area contributed by atoms with E-state index in [4.69, 9.17) is 4.74 Å². The molecule has 5 heteroatoms. The van der Waals surface area contributed by atoms with E-state index in [0.717, 1.165) is 10.0 Å². The van der Waals surface area contributed by atoms with Crippen LogP contribution in [0.5, 0.6) is 0 Å². The number of hydrogen-bond acceptors (Lipinski definition) is 3.